The van der Waals surface area contributed by atoms with Gasteiger partial charge in [-0.1, -0.05) is 75.1 Å². The number of hydrogen-bond donors (Lipinski definition) is 2. The quantitative estimate of drug-likeness (QED) is 0.0833. The van der Waals surface area contributed by atoms with Gasteiger partial charge in [-0.05, 0) is 19.3 Å². The van der Waals surface area contributed by atoms with Gasteiger partial charge in [-0.2, -0.15) is 13.9 Å². The van der Waals surface area contributed by atoms with Crippen molar-refractivity contribution in [2.75, 3.05) is 12.9 Å². The lowest BCUT2D eigenvalue weighted by molar-refractivity contribution is -0.173. The van der Waals surface area contributed by atoms with E-state index >= 15 is 0 Å². The highest BCUT2D eigenvalue weighted by Crippen LogP contribution is 2.23. The Morgan fingerprint density at radius 3 is 2.05 bits per heavy atom. The van der Waals surface area contributed by atoms with Crippen molar-refractivity contribution < 1.29 is 42.6 Å². The zero-order valence-corrected chi connectivity index (χ0v) is 22.7. The Balaban J connectivity index is 4.88. The van der Waals surface area contributed by atoms with Crippen LogP contribution in [0.25, 0.3) is 0 Å². The van der Waals surface area contributed by atoms with Gasteiger partial charge in [-0.25, -0.2) is 4.79 Å². The highest BCUT2D eigenvalue weighted by molar-refractivity contribution is 8.00. The summed E-state index contributed by atoms with van der Waals surface area (Å²) in [6.45, 7) is 2.19. The number of rotatable bonds is 21. The molecule has 0 unspecified atom stereocenters. The predicted octanol–water partition coefficient (Wildman–Crippen LogP) is 5.54. The van der Waals surface area contributed by atoms with Gasteiger partial charge >= 0.3 is 24.3 Å². The number of aliphatic hydroxyl groups is 1. The number of methoxy groups -OCH3 is 1. The van der Waals surface area contributed by atoms with E-state index in [0.29, 0.717) is 6.42 Å². The lowest BCUT2D eigenvalue weighted by atomic mass is 10.1. The highest BCUT2D eigenvalue weighted by atomic mass is 32.2. The van der Waals surface area contributed by atoms with Crippen molar-refractivity contribution in [3.63, 3.8) is 0 Å². The number of ether oxygens (including phenoxy) is 1. The molecular formula is C26H42F3NO6S. The number of amides is 1. The summed E-state index contributed by atoms with van der Waals surface area (Å²) in [5.41, 5.74) is 0. The van der Waals surface area contributed by atoms with Gasteiger partial charge in [0.1, 0.15) is 0 Å². The molecule has 0 radical (unpaired) electrons. The molecule has 214 valence electrons. The molecule has 0 aliphatic heterocycles. The second-order valence-electron chi connectivity index (χ2n) is 8.85. The number of unbranched alkanes of at least 4 members (excludes halogenated alkanes) is 10. The maximum absolute atomic E-state index is 14.2. The van der Waals surface area contributed by atoms with Crippen LogP contribution in [0.15, 0.2) is 0 Å². The molecule has 0 heterocycles. The Labute approximate surface area is 222 Å². The first-order chi connectivity index (χ1) is 17.6. The van der Waals surface area contributed by atoms with E-state index in [1.54, 1.807) is 0 Å². The fourth-order valence-electron chi connectivity index (χ4n) is 3.54. The zero-order valence-electron chi connectivity index (χ0n) is 21.9. The average molecular weight is 554 g/mol. The molecule has 3 atom stereocenters. The third-order valence-electron chi connectivity index (χ3n) is 5.72. The minimum atomic E-state index is -3.64. The van der Waals surface area contributed by atoms with E-state index in [1.165, 1.54) is 44.9 Å². The van der Waals surface area contributed by atoms with Crippen molar-refractivity contribution in [3.8, 4) is 11.8 Å². The predicted molar refractivity (Wildman–Crippen MR) is 138 cm³/mol. The number of carbonyl (C=O) groups is 3. The van der Waals surface area contributed by atoms with E-state index in [2.05, 4.69) is 23.5 Å². The van der Waals surface area contributed by atoms with Gasteiger partial charge in [0.2, 0.25) is 0 Å². The Hall–Kier alpha value is -1.93. The van der Waals surface area contributed by atoms with Gasteiger partial charge in [-0.3, -0.25) is 9.59 Å². The lowest BCUT2D eigenvalue weighted by Crippen LogP contribution is -2.45. The molecular weight excluding hydrogens is 511 g/mol. The third-order valence-corrected chi connectivity index (χ3v) is 7.02. The molecule has 0 aromatic carbocycles. The number of esters is 1. The van der Waals surface area contributed by atoms with Gasteiger partial charge in [-0.15, -0.1) is 17.7 Å². The van der Waals surface area contributed by atoms with Crippen LogP contribution in [0.1, 0.15) is 96.8 Å². The molecule has 0 aliphatic carbocycles. The molecule has 0 saturated carbocycles. The van der Waals surface area contributed by atoms with E-state index in [1.807, 2.05) is 0 Å². The summed E-state index contributed by atoms with van der Waals surface area (Å²) >= 11 is 0.830. The smallest absolute Gasteiger partial charge is 0.332 e. The van der Waals surface area contributed by atoms with Gasteiger partial charge in [0.25, 0.3) is 0 Å². The molecule has 0 saturated heterocycles. The summed E-state index contributed by atoms with van der Waals surface area (Å²) in [5.74, 6) is 0.968. The van der Waals surface area contributed by atoms with Crippen LogP contribution in [-0.4, -0.2) is 69.9 Å². The molecule has 37 heavy (non-hydrogen) atoms. The largest absolute Gasteiger partial charge is 0.481 e. The Morgan fingerprint density at radius 1 is 0.973 bits per heavy atom. The number of carboxylic acids is 1. The minimum absolute atomic E-state index is 0.0924. The van der Waals surface area contributed by atoms with Crippen LogP contribution < -0.4 is 0 Å². The Morgan fingerprint density at radius 2 is 1.54 bits per heavy atom. The van der Waals surface area contributed by atoms with Crippen LogP contribution in [0.5, 0.6) is 0 Å². The second kappa shape index (κ2) is 22.1. The second-order valence-corrected chi connectivity index (χ2v) is 10.0. The highest BCUT2D eigenvalue weighted by Gasteiger charge is 2.36. The molecule has 0 rings (SSSR count). The molecule has 0 aromatic rings. The van der Waals surface area contributed by atoms with Crippen molar-refractivity contribution in [2.45, 2.75) is 121 Å². The van der Waals surface area contributed by atoms with E-state index in [4.69, 9.17) is 5.11 Å². The van der Waals surface area contributed by atoms with E-state index in [-0.39, 0.29) is 19.3 Å². The number of hydrogen-bond acceptors (Lipinski definition) is 6. The van der Waals surface area contributed by atoms with E-state index < -0.39 is 52.5 Å². The first-order valence-electron chi connectivity index (χ1n) is 13.0. The van der Waals surface area contributed by atoms with Gasteiger partial charge < -0.3 is 14.9 Å². The van der Waals surface area contributed by atoms with Crippen LogP contribution in [-0.2, 0) is 19.1 Å². The van der Waals surface area contributed by atoms with E-state index in [9.17, 15) is 32.8 Å². The zero-order chi connectivity index (χ0) is 28.1. The fraction of sp³-hybridized carbons (Fsp3) is 0.808. The average Bonchev–Trinajstić information content (AvgIpc) is 2.86. The third kappa shape index (κ3) is 17.3. The van der Waals surface area contributed by atoms with Gasteiger partial charge in [0.05, 0.1) is 18.5 Å². The number of carboxylic acid groups (broad SMARTS) is 1. The van der Waals surface area contributed by atoms with Crippen LogP contribution in [0.2, 0.25) is 0 Å². The van der Waals surface area contributed by atoms with E-state index in [0.717, 1.165) is 38.1 Å². The molecule has 1 amide bonds. The molecule has 0 aromatic heterocycles. The molecule has 0 bridgehead atoms. The van der Waals surface area contributed by atoms with Crippen molar-refractivity contribution in [3.05, 3.63) is 0 Å². The first kappa shape index (κ1) is 35.1. The molecule has 11 heteroatoms. The number of aliphatic carboxylic acids is 1. The van der Waals surface area contributed by atoms with Crippen LogP contribution in [0.4, 0.5) is 13.3 Å². The SMILES string of the molecule is CCCCCCCCCCCCC#C[C@H](SC[C@@H](C(=O)OC)N(F)C(=O)C(F)F)[C@H](O)CCCC(=O)O. The Kier molecular flexibility index (Phi) is 20.9. The summed E-state index contributed by atoms with van der Waals surface area (Å²) in [4.78, 5) is 34.0. The molecule has 2 N–H and O–H groups in total. The summed E-state index contributed by atoms with van der Waals surface area (Å²) < 4.78 is 43.9. The van der Waals surface area contributed by atoms with Crippen molar-refractivity contribution in [1.82, 2.24) is 5.12 Å². The standard InChI is InChI=1S/C26H42F3NO6S/c1-3-4-5-6-7-8-9-10-11-12-13-14-17-22(21(31)16-15-18-23(32)33)37-19-20(26(35)36-2)30(29)25(34)24(27)28/h20-22,24,31H,3-13,15-16,18-19H2,1-2H3,(H,32,33)/t20-,21+,22-/m0/s1. The maximum atomic E-state index is 14.2. The fourth-order valence-corrected chi connectivity index (χ4v) is 4.72. The monoisotopic (exact) mass is 553 g/mol. The van der Waals surface area contributed by atoms with Crippen LogP contribution in [0.3, 0.4) is 0 Å². The summed E-state index contributed by atoms with van der Waals surface area (Å²) in [5, 5.41) is 17.6. The number of carbonyl (C=O) groups excluding carboxylic acids is 2. The Bertz CT molecular complexity index is 716. The number of alkyl halides is 2. The van der Waals surface area contributed by atoms with Crippen molar-refractivity contribution >= 4 is 29.6 Å². The summed E-state index contributed by atoms with van der Waals surface area (Å²) in [6.07, 6.45) is 7.66. The molecule has 0 fully saturated rings. The minimum Gasteiger partial charge on any atom is -0.481 e. The number of thioether (sulfide) groups is 1. The topological polar surface area (TPSA) is 104 Å². The van der Waals surface area contributed by atoms with Gasteiger partial charge in [0.15, 0.2) is 6.04 Å². The molecule has 0 aliphatic rings. The van der Waals surface area contributed by atoms with Gasteiger partial charge in [0, 0.05) is 18.6 Å². The number of nitrogens with zero attached hydrogens (tertiary/aromatic N) is 1. The summed E-state index contributed by atoms with van der Waals surface area (Å²) in [7, 11) is 0.936. The lowest BCUT2D eigenvalue weighted by Gasteiger charge is -2.23. The molecule has 0 spiro atoms. The first-order valence-corrected chi connectivity index (χ1v) is 14.0. The van der Waals surface area contributed by atoms with Crippen LogP contribution in [0, 0.1) is 11.8 Å². The maximum Gasteiger partial charge on any atom is 0.332 e. The molecule has 7 nitrogen and oxygen atoms in total. The number of halogens is 3. The van der Waals surface area contributed by atoms with Crippen LogP contribution >= 0.6 is 11.8 Å². The van der Waals surface area contributed by atoms with Crippen molar-refractivity contribution in [1.29, 1.82) is 0 Å². The number of aliphatic hydroxyl groups excluding tert-OH is 1. The summed E-state index contributed by atoms with van der Waals surface area (Å²) in [6, 6.07) is -1.94. The van der Waals surface area contributed by atoms with Crippen molar-refractivity contribution in [2.24, 2.45) is 0 Å². The normalized spacial score (nSPS) is 13.4.